The van der Waals surface area contributed by atoms with Crippen LogP contribution in [-0.4, -0.2) is 42.8 Å². The maximum absolute atomic E-state index is 12.4. The Hall–Kier alpha value is -1.53. The van der Waals surface area contributed by atoms with Crippen molar-refractivity contribution >= 4 is 5.97 Å². The van der Waals surface area contributed by atoms with Gasteiger partial charge in [0.15, 0.2) is 0 Å². The number of benzene rings is 1. The first-order chi connectivity index (χ1) is 9.02. The zero-order chi connectivity index (χ0) is 14.3. The third-order valence-electron chi connectivity index (χ3n) is 2.61. The minimum atomic E-state index is -2.49. The average molecular weight is 273 g/mol. The van der Waals surface area contributed by atoms with Crippen LogP contribution >= 0.6 is 0 Å². The Bertz CT molecular complexity index is 395. The number of hydrogen-bond acceptors (Lipinski definition) is 3. The van der Waals surface area contributed by atoms with Crippen LogP contribution in [0.5, 0.6) is 0 Å². The second-order valence-electron chi connectivity index (χ2n) is 4.14. The van der Waals surface area contributed by atoms with E-state index >= 15 is 0 Å². The van der Waals surface area contributed by atoms with Gasteiger partial charge in [0.05, 0.1) is 13.2 Å². The number of methoxy groups -OCH3 is 1. The van der Waals surface area contributed by atoms with E-state index < -0.39 is 12.4 Å². The first-order valence-corrected chi connectivity index (χ1v) is 5.83. The van der Waals surface area contributed by atoms with Gasteiger partial charge in [0.25, 0.3) is 6.43 Å². The number of alkyl halides is 2. The minimum Gasteiger partial charge on any atom is -0.480 e. The Labute approximate surface area is 110 Å². The molecular weight excluding hydrogens is 256 g/mol. The molecule has 1 aromatic carbocycles. The van der Waals surface area contributed by atoms with Gasteiger partial charge in [0.2, 0.25) is 0 Å². The quantitative estimate of drug-likeness (QED) is 0.788. The number of hydrogen-bond donors (Lipinski definition) is 1. The number of carboxylic acid groups (broad SMARTS) is 1. The molecule has 0 aliphatic rings. The molecule has 0 unspecified atom stereocenters. The Balaban J connectivity index is 2.63. The Morgan fingerprint density at radius 1 is 1.37 bits per heavy atom. The lowest BCUT2D eigenvalue weighted by Gasteiger charge is -2.19. The molecule has 1 rings (SSSR count). The summed E-state index contributed by atoms with van der Waals surface area (Å²) in [6, 6.07) is 5.89. The van der Waals surface area contributed by atoms with Gasteiger partial charge in [0.1, 0.15) is 0 Å². The van der Waals surface area contributed by atoms with E-state index in [-0.39, 0.29) is 12.1 Å². The van der Waals surface area contributed by atoms with E-state index in [1.165, 1.54) is 19.2 Å². The Morgan fingerprint density at radius 3 is 2.47 bits per heavy atom. The van der Waals surface area contributed by atoms with Gasteiger partial charge in [-0.1, -0.05) is 24.3 Å². The summed E-state index contributed by atoms with van der Waals surface area (Å²) in [5.74, 6) is -0.930. The molecule has 1 N–H and O–H groups in total. The summed E-state index contributed by atoms with van der Waals surface area (Å²) in [5.41, 5.74) is 0.757. The maximum Gasteiger partial charge on any atom is 0.317 e. The highest BCUT2D eigenvalue weighted by atomic mass is 19.3. The maximum atomic E-state index is 12.4. The number of carbonyl (C=O) groups is 1. The van der Waals surface area contributed by atoms with Gasteiger partial charge >= 0.3 is 5.97 Å². The number of nitrogens with zero attached hydrogens (tertiary/aromatic N) is 1. The summed E-state index contributed by atoms with van der Waals surface area (Å²) in [7, 11) is 1.54. The Kier molecular flexibility index (Phi) is 6.38. The van der Waals surface area contributed by atoms with Gasteiger partial charge in [-0.05, 0) is 5.56 Å². The average Bonchev–Trinajstić information content (AvgIpc) is 2.36. The second kappa shape index (κ2) is 7.81. The number of halogens is 2. The van der Waals surface area contributed by atoms with Crippen molar-refractivity contribution in [3.63, 3.8) is 0 Å². The van der Waals surface area contributed by atoms with Crippen molar-refractivity contribution in [3.05, 3.63) is 35.4 Å². The zero-order valence-corrected chi connectivity index (χ0v) is 10.7. The molecule has 0 saturated heterocycles. The molecule has 0 radical (unpaired) electrons. The van der Waals surface area contributed by atoms with Crippen molar-refractivity contribution in [2.75, 3.05) is 26.8 Å². The van der Waals surface area contributed by atoms with E-state index in [1.807, 2.05) is 0 Å². The number of carboxylic acids is 1. The molecule has 0 bridgehead atoms. The molecule has 0 aliphatic heterocycles. The van der Waals surface area contributed by atoms with Gasteiger partial charge in [-0.25, -0.2) is 8.78 Å². The van der Waals surface area contributed by atoms with Crippen LogP contribution in [0.15, 0.2) is 24.3 Å². The molecule has 1 aromatic rings. The zero-order valence-electron chi connectivity index (χ0n) is 10.7. The van der Waals surface area contributed by atoms with Gasteiger partial charge in [0, 0.05) is 25.8 Å². The molecule has 0 aromatic heterocycles. The predicted octanol–water partition coefficient (Wildman–Crippen LogP) is 2.16. The summed E-state index contributed by atoms with van der Waals surface area (Å²) in [5, 5.41) is 8.80. The molecule has 0 fully saturated rings. The molecular formula is C13H17F2NO3. The highest BCUT2D eigenvalue weighted by molar-refractivity contribution is 5.69. The lowest BCUT2D eigenvalue weighted by Crippen LogP contribution is -2.32. The second-order valence-corrected chi connectivity index (χ2v) is 4.14. The summed E-state index contributed by atoms with van der Waals surface area (Å²) in [4.78, 5) is 12.4. The van der Waals surface area contributed by atoms with Crippen molar-refractivity contribution in [2.45, 2.75) is 13.0 Å². The normalized spacial score (nSPS) is 11.2. The largest absolute Gasteiger partial charge is 0.480 e. The first kappa shape index (κ1) is 15.5. The molecule has 0 atom stereocenters. The highest BCUT2D eigenvalue weighted by Gasteiger charge is 2.11. The molecule has 19 heavy (non-hydrogen) atoms. The minimum absolute atomic E-state index is 0.0366. The number of rotatable bonds is 8. The third-order valence-corrected chi connectivity index (χ3v) is 2.61. The topological polar surface area (TPSA) is 49.8 Å². The first-order valence-electron chi connectivity index (χ1n) is 5.83. The van der Waals surface area contributed by atoms with Gasteiger partial charge in [-0.15, -0.1) is 0 Å². The molecule has 6 heteroatoms. The van der Waals surface area contributed by atoms with E-state index in [4.69, 9.17) is 9.84 Å². The van der Waals surface area contributed by atoms with Gasteiger partial charge in [-0.2, -0.15) is 0 Å². The summed E-state index contributed by atoms with van der Waals surface area (Å²) < 4.78 is 29.7. The van der Waals surface area contributed by atoms with Crippen molar-refractivity contribution in [1.82, 2.24) is 4.90 Å². The van der Waals surface area contributed by atoms with Crippen molar-refractivity contribution in [1.29, 1.82) is 0 Å². The van der Waals surface area contributed by atoms with Crippen molar-refractivity contribution in [2.24, 2.45) is 0 Å². The number of ether oxygens (including phenoxy) is 1. The van der Waals surface area contributed by atoms with Crippen LogP contribution in [0.3, 0.4) is 0 Å². The van der Waals surface area contributed by atoms with E-state index in [2.05, 4.69) is 0 Å². The van der Waals surface area contributed by atoms with Gasteiger partial charge in [-0.3, -0.25) is 9.69 Å². The molecule has 4 nitrogen and oxygen atoms in total. The molecule has 106 valence electrons. The van der Waals surface area contributed by atoms with Crippen molar-refractivity contribution < 1.29 is 23.4 Å². The van der Waals surface area contributed by atoms with Crippen LogP contribution in [0, 0.1) is 0 Å². The van der Waals surface area contributed by atoms with E-state index in [1.54, 1.807) is 17.0 Å². The van der Waals surface area contributed by atoms with E-state index in [0.29, 0.717) is 19.7 Å². The van der Waals surface area contributed by atoms with E-state index in [0.717, 1.165) is 5.56 Å². The highest BCUT2D eigenvalue weighted by Crippen LogP contribution is 2.19. The van der Waals surface area contributed by atoms with Crippen molar-refractivity contribution in [3.8, 4) is 0 Å². The molecule has 0 spiro atoms. The lowest BCUT2D eigenvalue weighted by atomic mass is 10.1. The predicted molar refractivity (Wildman–Crippen MR) is 66.2 cm³/mol. The van der Waals surface area contributed by atoms with Crippen LogP contribution < -0.4 is 0 Å². The fourth-order valence-electron chi connectivity index (χ4n) is 1.65. The monoisotopic (exact) mass is 273 g/mol. The summed E-state index contributed by atoms with van der Waals surface area (Å²) in [6.45, 7) is 1.17. The lowest BCUT2D eigenvalue weighted by molar-refractivity contribution is -0.138. The molecule has 0 heterocycles. The van der Waals surface area contributed by atoms with Gasteiger partial charge < -0.3 is 9.84 Å². The fraction of sp³-hybridized carbons (Fsp3) is 0.462. The fourth-order valence-corrected chi connectivity index (χ4v) is 1.65. The molecule has 0 amide bonds. The SMILES string of the molecule is COCCN(CC(=O)O)Cc1ccc(C(F)F)cc1. The standard InChI is InChI=1S/C13H17F2NO3/c1-19-7-6-16(9-12(17)18)8-10-2-4-11(5-3-10)13(14)15/h2-5,13H,6-9H2,1H3,(H,17,18). The van der Waals surface area contributed by atoms with Crippen LogP contribution in [0.1, 0.15) is 17.6 Å². The molecule has 0 saturated carbocycles. The number of aliphatic carboxylic acids is 1. The van der Waals surface area contributed by atoms with E-state index in [9.17, 15) is 13.6 Å². The molecule has 0 aliphatic carbocycles. The third kappa shape index (κ3) is 5.76. The van der Waals surface area contributed by atoms with Crippen LogP contribution in [-0.2, 0) is 16.1 Å². The van der Waals surface area contributed by atoms with Crippen LogP contribution in [0.25, 0.3) is 0 Å². The summed E-state index contributed by atoms with van der Waals surface area (Å²) >= 11 is 0. The Morgan fingerprint density at radius 2 is 2.00 bits per heavy atom. The van der Waals surface area contributed by atoms with Crippen LogP contribution in [0.4, 0.5) is 8.78 Å². The smallest absolute Gasteiger partial charge is 0.317 e. The summed E-state index contributed by atoms with van der Waals surface area (Å²) in [6.07, 6.45) is -2.49. The van der Waals surface area contributed by atoms with Crippen LogP contribution in [0.2, 0.25) is 0 Å².